The summed E-state index contributed by atoms with van der Waals surface area (Å²) in [5, 5.41) is 2.78. The number of para-hydroxylation sites is 1. The average Bonchev–Trinajstić information content (AvgIpc) is 3.02. The maximum absolute atomic E-state index is 13.3. The van der Waals surface area contributed by atoms with Crippen LogP contribution in [-0.2, 0) is 10.3 Å². The van der Waals surface area contributed by atoms with Crippen LogP contribution in [0.4, 0.5) is 4.79 Å². The molecule has 1 saturated heterocycles. The number of nitrogens with one attached hydrogen (secondary N) is 1. The number of imide groups is 1. The number of ketones is 1. The molecule has 1 fully saturated rings. The molecular formula is C22H22N2O7. The minimum absolute atomic E-state index is 0.225. The standard InChI is InChI=1S/C22H22N2O7/c1-28-17-10-13(11-18(29-2)19(17)30-3)15(25)12-24-20(26)22(23-21(24)27)8-9-31-16-7-5-4-6-14(16)22/h4-7,10-11H,8-9,12H2,1-3H3,(H,23,27). The molecule has 1 atom stereocenters. The Morgan fingerprint density at radius 2 is 1.77 bits per heavy atom. The van der Waals surface area contributed by atoms with Crippen molar-refractivity contribution >= 4 is 17.7 Å². The zero-order valence-corrected chi connectivity index (χ0v) is 17.4. The van der Waals surface area contributed by atoms with Crippen molar-refractivity contribution in [3.8, 4) is 23.0 Å². The fourth-order valence-electron chi connectivity index (χ4n) is 3.99. The van der Waals surface area contributed by atoms with Gasteiger partial charge in [-0.3, -0.25) is 14.5 Å². The first kappa shape index (κ1) is 20.5. The van der Waals surface area contributed by atoms with E-state index in [1.54, 1.807) is 24.3 Å². The first-order valence-electron chi connectivity index (χ1n) is 9.64. The van der Waals surface area contributed by atoms with Gasteiger partial charge in [0.25, 0.3) is 5.91 Å². The molecule has 2 aliphatic rings. The highest BCUT2D eigenvalue weighted by molar-refractivity contribution is 6.12. The summed E-state index contributed by atoms with van der Waals surface area (Å²) < 4.78 is 21.5. The molecule has 31 heavy (non-hydrogen) atoms. The van der Waals surface area contributed by atoms with Crippen molar-refractivity contribution in [3.05, 3.63) is 47.5 Å². The molecule has 9 heteroatoms. The number of nitrogens with zero attached hydrogens (tertiary/aromatic N) is 1. The Balaban J connectivity index is 1.63. The number of carbonyl (C=O) groups excluding carboxylic acids is 3. The normalized spacial score (nSPS) is 19.5. The minimum atomic E-state index is -1.23. The van der Waals surface area contributed by atoms with E-state index in [-0.39, 0.29) is 18.6 Å². The van der Waals surface area contributed by atoms with Crippen LogP contribution in [-0.4, -0.2) is 57.1 Å². The molecule has 0 bridgehead atoms. The predicted octanol–water partition coefficient (Wildman–Crippen LogP) is 2.12. The van der Waals surface area contributed by atoms with E-state index >= 15 is 0 Å². The molecule has 0 aromatic heterocycles. The zero-order valence-electron chi connectivity index (χ0n) is 17.4. The molecule has 1 spiro atoms. The molecule has 2 heterocycles. The Kier molecular flexibility index (Phi) is 5.18. The van der Waals surface area contributed by atoms with Crippen molar-refractivity contribution in [2.75, 3.05) is 34.5 Å². The van der Waals surface area contributed by atoms with Crippen LogP contribution in [0.3, 0.4) is 0 Å². The Bertz CT molecular complexity index is 1040. The third-order valence-electron chi connectivity index (χ3n) is 5.55. The highest BCUT2D eigenvalue weighted by Gasteiger charge is 2.55. The molecule has 0 saturated carbocycles. The average molecular weight is 426 g/mol. The number of fused-ring (bicyclic) bond motifs is 2. The highest BCUT2D eigenvalue weighted by atomic mass is 16.5. The number of amides is 3. The van der Waals surface area contributed by atoms with E-state index in [0.717, 1.165) is 4.90 Å². The number of hydrogen-bond donors (Lipinski definition) is 1. The van der Waals surface area contributed by atoms with Crippen LogP contribution in [0.15, 0.2) is 36.4 Å². The molecular weight excluding hydrogens is 404 g/mol. The van der Waals surface area contributed by atoms with Crippen LogP contribution in [0.25, 0.3) is 0 Å². The SMILES string of the molecule is COc1cc(C(=O)CN2C(=O)NC3(CCOc4ccccc43)C2=O)cc(OC)c1OC. The molecule has 9 nitrogen and oxygen atoms in total. The van der Waals surface area contributed by atoms with Crippen molar-refractivity contribution in [2.24, 2.45) is 0 Å². The summed E-state index contributed by atoms with van der Waals surface area (Å²) in [5.41, 5.74) is -0.424. The third kappa shape index (κ3) is 3.22. The van der Waals surface area contributed by atoms with Gasteiger partial charge in [-0.15, -0.1) is 0 Å². The maximum Gasteiger partial charge on any atom is 0.325 e. The van der Waals surface area contributed by atoms with Crippen LogP contribution in [0.5, 0.6) is 23.0 Å². The van der Waals surface area contributed by atoms with Crippen molar-refractivity contribution in [2.45, 2.75) is 12.0 Å². The number of hydrogen-bond acceptors (Lipinski definition) is 7. The van der Waals surface area contributed by atoms with E-state index in [0.29, 0.717) is 28.6 Å². The lowest BCUT2D eigenvalue weighted by Gasteiger charge is -2.33. The van der Waals surface area contributed by atoms with Crippen molar-refractivity contribution < 1.29 is 33.3 Å². The predicted molar refractivity (Wildman–Crippen MR) is 109 cm³/mol. The van der Waals surface area contributed by atoms with Crippen LogP contribution >= 0.6 is 0 Å². The molecule has 3 amide bonds. The minimum Gasteiger partial charge on any atom is -0.493 e. The zero-order chi connectivity index (χ0) is 22.2. The summed E-state index contributed by atoms with van der Waals surface area (Å²) in [5.74, 6) is 0.568. The number of urea groups is 1. The Morgan fingerprint density at radius 1 is 1.10 bits per heavy atom. The summed E-state index contributed by atoms with van der Waals surface area (Å²) in [7, 11) is 4.34. The number of Topliss-reactive ketones (excluding diaryl/α,β-unsaturated/α-hetero) is 1. The van der Waals surface area contributed by atoms with Gasteiger partial charge in [0.15, 0.2) is 22.8 Å². The van der Waals surface area contributed by atoms with Gasteiger partial charge >= 0.3 is 6.03 Å². The van der Waals surface area contributed by atoms with Gasteiger partial charge in [-0.25, -0.2) is 4.79 Å². The molecule has 1 unspecified atom stereocenters. The second-order valence-electron chi connectivity index (χ2n) is 7.16. The fourth-order valence-corrected chi connectivity index (χ4v) is 3.99. The molecule has 2 aliphatic heterocycles. The first-order valence-corrected chi connectivity index (χ1v) is 9.64. The summed E-state index contributed by atoms with van der Waals surface area (Å²) in [6.07, 6.45) is 0.281. The maximum atomic E-state index is 13.3. The lowest BCUT2D eigenvalue weighted by atomic mass is 9.84. The Labute approximate surface area is 178 Å². The van der Waals surface area contributed by atoms with E-state index in [4.69, 9.17) is 18.9 Å². The van der Waals surface area contributed by atoms with Crippen molar-refractivity contribution in [1.29, 1.82) is 0 Å². The number of methoxy groups -OCH3 is 3. The van der Waals surface area contributed by atoms with E-state index in [9.17, 15) is 14.4 Å². The molecule has 1 N–H and O–H groups in total. The molecule has 4 rings (SSSR count). The molecule has 0 radical (unpaired) electrons. The van der Waals surface area contributed by atoms with Crippen LogP contribution in [0.1, 0.15) is 22.3 Å². The van der Waals surface area contributed by atoms with Gasteiger partial charge in [-0.05, 0) is 18.2 Å². The number of carbonyl (C=O) groups is 3. The van der Waals surface area contributed by atoms with E-state index in [2.05, 4.69) is 5.32 Å². The summed E-state index contributed by atoms with van der Waals surface area (Å²) in [4.78, 5) is 40.0. The Hall–Kier alpha value is -3.75. The molecule has 162 valence electrons. The summed E-state index contributed by atoms with van der Waals surface area (Å²) >= 11 is 0. The first-order chi connectivity index (χ1) is 14.9. The lowest BCUT2D eigenvalue weighted by Crippen LogP contribution is -2.47. The van der Waals surface area contributed by atoms with Crippen molar-refractivity contribution in [3.63, 3.8) is 0 Å². The summed E-state index contributed by atoms with van der Waals surface area (Å²) in [6.45, 7) is -0.147. The van der Waals surface area contributed by atoms with Gasteiger partial charge in [-0.2, -0.15) is 0 Å². The topological polar surface area (TPSA) is 103 Å². The van der Waals surface area contributed by atoms with Gasteiger partial charge in [0, 0.05) is 17.5 Å². The smallest absolute Gasteiger partial charge is 0.325 e. The highest BCUT2D eigenvalue weighted by Crippen LogP contribution is 2.41. The number of ether oxygens (including phenoxy) is 4. The van der Waals surface area contributed by atoms with Crippen LogP contribution < -0.4 is 24.3 Å². The quantitative estimate of drug-likeness (QED) is 0.557. The van der Waals surface area contributed by atoms with Gasteiger partial charge in [0.1, 0.15) is 5.75 Å². The van der Waals surface area contributed by atoms with Gasteiger partial charge in [0.05, 0.1) is 34.5 Å². The van der Waals surface area contributed by atoms with Crippen LogP contribution in [0.2, 0.25) is 0 Å². The fraction of sp³-hybridized carbons (Fsp3) is 0.318. The largest absolute Gasteiger partial charge is 0.493 e. The van der Waals surface area contributed by atoms with Gasteiger partial charge in [-0.1, -0.05) is 18.2 Å². The van der Waals surface area contributed by atoms with E-state index in [1.807, 2.05) is 0 Å². The Morgan fingerprint density at radius 3 is 2.42 bits per heavy atom. The second kappa shape index (κ2) is 7.82. The lowest BCUT2D eigenvalue weighted by molar-refractivity contribution is -0.132. The third-order valence-corrected chi connectivity index (χ3v) is 5.55. The van der Waals surface area contributed by atoms with Crippen LogP contribution in [0, 0.1) is 0 Å². The summed E-state index contributed by atoms with van der Waals surface area (Å²) in [6, 6.07) is 9.42. The van der Waals surface area contributed by atoms with E-state index in [1.165, 1.54) is 33.5 Å². The monoisotopic (exact) mass is 426 g/mol. The van der Waals surface area contributed by atoms with Crippen molar-refractivity contribution in [1.82, 2.24) is 10.2 Å². The molecule has 2 aromatic carbocycles. The van der Waals surface area contributed by atoms with Gasteiger partial charge < -0.3 is 24.3 Å². The molecule has 0 aliphatic carbocycles. The van der Waals surface area contributed by atoms with E-state index < -0.39 is 29.8 Å². The van der Waals surface area contributed by atoms with Gasteiger partial charge in [0.2, 0.25) is 5.75 Å². The number of benzene rings is 2. The molecule has 2 aromatic rings. The number of rotatable bonds is 6. The second-order valence-corrected chi connectivity index (χ2v) is 7.16.